The van der Waals surface area contributed by atoms with Crippen molar-refractivity contribution in [2.45, 2.75) is 96.9 Å². The smallest absolute Gasteiger partial charge is 0.195 e. The average Bonchev–Trinajstić information content (AvgIpc) is 2.44. The summed E-state index contributed by atoms with van der Waals surface area (Å²) >= 11 is 0. The van der Waals surface area contributed by atoms with Crippen LogP contribution in [0, 0.1) is 17.2 Å². The highest BCUT2D eigenvalue weighted by atomic mass is 28.4. The Morgan fingerprint density at radius 2 is 2.09 bits per heavy atom. The van der Waals surface area contributed by atoms with Crippen LogP contribution in [-0.2, 0) is 4.43 Å². The fraction of sp³-hybridized carbons (Fsp3) is 0.842. The minimum Gasteiger partial charge on any atom is -0.413 e. The van der Waals surface area contributed by atoms with Crippen LogP contribution in [0.1, 0.15) is 73.1 Å². The van der Waals surface area contributed by atoms with Gasteiger partial charge < -0.3 is 4.43 Å². The van der Waals surface area contributed by atoms with Crippen molar-refractivity contribution in [2.24, 2.45) is 5.92 Å². The summed E-state index contributed by atoms with van der Waals surface area (Å²) in [5.41, 5.74) is 0.917. The Morgan fingerprint density at radius 1 is 1.41 bits per heavy atom. The fourth-order valence-electron chi connectivity index (χ4n) is 3.20. The van der Waals surface area contributed by atoms with Gasteiger partial charge in [0, 0.05) is 12.0 Å². The van der Waals surface area contributed by atoms with Gasteiger partial charge in [0.05, 0.1) is 12.2 Å². The van der Waals surface area contributed by atoms with E-state index in [2.05, 4.69) is 53.3 Å². The molecule has 0 bridgehead atoms. The molecular weight excluding hydrogens is 286 g/mol. The molecule has 0 N–H and O–H groups in total. The van der Waals surface area contributed by atoms with Crippen molar-refractivity contribution in [1.29, 1.82) is 5.26 Å². The summed E-state index contributed by atoms with van der Waals surface area (Å²) in [4.78, 5) is 0. The van der Waals surface area contributed by atoms with Gasteiger partial charge in [0.1, 0.15) is 0 Å². The molecule has 0 radical (unpaired) electrons. The van der Waals surface area contributed by atoms with Crippen LogP contribution in [-0.4, -0.2) is 14.4 Å². The molecule has 1 aliphatic rings. The van der Waals surface area contributed by atoms with Crippen molar-refractivity contribution in [3.63, 3.8) is 0 Å². The van der Waals surface area contributed by atoms with Crippen LogP contribution in [0.25, 0.3) is 0 Å². The van der Waals surface area contributed by atoms with E-state index in [1.165, 1.54) is 25.3 Å². The van der Waals surface area contributed by atoms with Crippen LogP contribution in [0.15, 0.2) is 11.6 Å². The Morgan fingerprint density at radius 3 is 2.64 bits per heavy atom. The maximum atomic E-state index is 9.14. The number of rotatable bonds is 7. The predicted molar refractivity (Wildman–Crippen MR) is 97.2 cm³/mol. The van der Waals surface area contributed by atoms with Gasteiger partial charge in [-0.3, -0.25) is 0 Å². The van der Waals surface area contributed by atoms with Crippen LogP contribution in [0.5, 0.6) is 0 Å². The lowest BCUT2D eigenvalue weighted by molar-refractivity contribution is 0.164. The van der Waals surface area contributed by atoms with Crippen molar-refractivity contribution >= 4 is 8.32 Å². The highest BCUT2D eigenvalue weighted by Gasteiger charge is 2.43. The van der Waals surface area contributed by atoms with Crippen molar-refractivity contribution in [2.75, 3.05) is 0 Å². The Hall–Kier alpha value is -0.593. The summed E-state index contributed by atoms with van der Waals surface area (Å²) in [5.74, 6) is 0.795. The first-order valence-electron chi connectivity index (χ1n) is 8.98. The Kier molecular flexibility index (Phi) is 7.35. The number of allylic oxidation sites excluding steroid dienone is 1. The lowest BCUT2D eigenvalue weighted by atomic mass is 9.98. The normalized spacial score (nSPS) is 23.3. The van der Waals surface area contributed by atoms with E-state index in [4.69, 9.17) is 9.69 Å². The summed E-state index contributed by atoms with van der Waals surface area (Å²) in [5, 5.41) is 9.38. The van der Waals surface area contributed by atoms with E-state index >= 15 is 0 Å². The molecule has 126 valence electrons. The summed E-state index contributed by atoms with van der Waals surface area (Å²) in [6, 6.07) is 3.56. The highest BCUT2D eigenvalue weighted by molar-refractivity contribution is 6.75. The molecule has 22 heavy (non-hydrogen) atoms. The van der Waals surface area contributed by atoms with Gasteiger partial charge in [0.2, 0.25) is 0 Å². The maximum Gasteiger partial charge on any atom is 0.195 e. The minimum atomic E-state index is -1.81. The van der Waals surface area contributed by atoms with Crippen molar-refractivity contribution < 1.29 is 4.43 Å². The monoisotopic (exact) mass is 321 g/mol. The van der Waals surface area contributed by atoms with E-state index in [0.717, 1.165) is 30.8 Å². The summed E-state index contributed by atoms with van der Waals surface area (Å²) in [6.45, 7) is 14.1. The second-order valence-electron chi connectivity index (χ2n) is 8.28. The molecule has 0 aromatic heterocycles. The number of hydrogen-bond acceptors (Lipinski definition) is 2. The molecule has 0 fully saturated rings. The molecule has 1 rings (SSSR count). The van der Waals surface area contributed by atoms with Gasteiger partial charge >= 0.3 is 0 Å². The Bertz CT molecular complexity index is 418. The van der Waals surface area contributed by atoms with E-state index in [0.29, 0.717) is 0 Å². The van der Waals surface area contributed by atoms with E-state index < -0.39 is 8.32 Å². The van der Waals surface area contributed by atoms with Crippen LogP contribution in [0.4, 0.5) is 0 Å². The zero-order valence-corrected chi connectivity index (χ0v) is 16.5. The molecule has 0 aliphatic heterocycles. The number of nitrogens with zero attached hydrogens (tertiary/aromatic N) is 1. The zero-order chi connectivity index (χ0) is 16.8. The lowest BCUT2D eigenvalue weighted by Crippen LogP contribution is -2.47. The van der Waals surface area contributed by atoms with Crippen molar-refractivity contribution in [1.82, 2.24) is 0 Å². The topological polar surface area (TPSA) is 33.0 Å². The number of hydrogen-bond donors (Lipinski definition) is 0. The van der Waals surface area contributed by atoms with Gasteiger partial charge in [-0.25, -0.2) is 0 Å². The molecule has 0 aromatic carbocycles. The molecule has 2 nitrogen and oxygen atoms in total. The van der Waals surface area contributed by atoms with Crippen molar-refractivity contribution in [3.05, 3.63) is 11.6 Å². The van der Waals surface area contributed by atoms with Crippen LogP contribution < -0.4 is 0 Å². The SMILES string of the molecule is CCCC(C)CC[Si](C)(OC1CCC=C(C#N)C1)C(C)(C)C. The van der Waals surface area contributed by atoms with Gasteiger partial charge in [-0.2, -0.15) is 5.26 Å². The first-order chi connectivity index (χ1) is 10.2. The standard InChI is InChI=1S/C19H35NOSi/c1-7-9-16(2)12-13-22(6,19(3,4)5)21-18-11-8-10-17(14-18)15-20/h10,16,18H,7-9,11-14H2,1-6H3. The summed E-state index contributed by atoms with van der Waals surface area (Å²) < 4.78 is 6.75. The molecule has 3 atom stereocenters. The molecule has 0 aromatic rings. The summed E-state index contributed by atoms with van der Waals surface area (Å²) in [6.07, 6.45) is 9.11. The van der Waals surface area contributed by atoms with Gasteiger partial charge in [-0.15, -0.1) is 0 Å². The van der Waals surface area contributed by atoms with Crippen LogP contribution in [0.2, 0.25) is 17.6 Å². The van der Waals surface area contributed by atoms with E-state index in [1.54, 1.807) is 0 Å². The van der Waals surface area contributed by atoms with Gasteiger partial charge in [0.25, 0.3) is 0 Å². The second kappa shape index (κ2) is 8.31. The van der Waals surface area contributed by atoms with Gasteiger partial charge in [-0.1, -0.05) is 60.0 Å². The third-order valence-electron chi connectivity index (χ3n) is 5.38. The Balaban J connectivity index is 2.72. The van der Waals surface area contributed by atoms with E-state index in [9.17, 15) is 0 Å². The first-order valence-corrected chi connectivity index (χ1v) is 11.6. The summed E-state index contributed by atoms with van der Waals surface area (Å²) in [7, 11) is -1.81. The van der Waals surface area contributed by atoms with E-state index in [-0.39, 0.29) is 11.1 Å². The molecule has 3 unspecified atom stereocenters. The van der Waals surface area contributed by atoms with Crippen molar-refractivity contribution in [3.8, 4) is 6.07 Å². The predicted octanol–water partition coefficient (Wildman–Crippen LogP) is 6.21. The van der Waals surface area contributed by atoms with Crippen LogP contribution in [0.3, 0.4) is 0 Å². The molecule has 1 aliphatic carbocycles. The maximum absolute atomic E-state index is 9.14. The molecule has 0 amide bonds. The molecular formula is C19H35NOSi. The average molecular weight is 322 g/mol. The largest absolute Gasteiger partial charge is 0.413 e. The molecule has 0 saturated carbocycles. The molecule has 0 heterocycles. The molecule has 3 heteroatoms. The quantitative estimate of drug-likeness (QED) is 0.522. The number of nitriles is 1. The zero-order valence-electron chi connectivity index (χ0n) is 15.5. The second-order valence-corrected chi connectivity index (χ2v) is 13.0. The van der Waals surface area contributed by atoms with Gasteiger partial charge in [0.15, 0.2) is 8.32 Å². The first kappa shape index (κ1) is 19.5. The molecule has 0 spiro atoms. The van der Waals surface area contributed by atoms with Crippen LogP contribution >= 0.6 is 0 Å². The third kappa shape index (κ3) is 5.55. The highest BCUT2D eigenvalue weighted by Crippen LogP contribution is 2.43. The lowest BCUT2D eigenvalue weighted by Gasteiger charge is -2.43. The Labute approximate surface area is 139 Å². The molecule has 0 saturated heterocycles. The van der Waals surface area contributed by atoms with Gasteiger partial charge in [-0.05, 0) is 36.4 Å². The van der Waals surface area contributed by atoms with E-state index in [1.807, 2.05) is 0 Å². The fourth-order valence-corrected chi connectivity index (χ4v) is 6.41. The minimum absolute atomic E-state index is 0.243. The third-order valence-corrected chi connectivity index (χ3v) is 10.6.